The van der Waals surface area contributed by atoms with Gasteiger partial charge >= 0.3 is 0 Å². The number of nitrogens with one attached hydrogen (secondary N) is 1. The van der Waals surface area contributed by atoms with Crippen molar-refractivity contribution in [3.8, 4) is 0 Å². The summed E-state index contributed by atoms with van der Waals surface area (Å²) < 4.78 is 0. The third kappa shape index (κ3) is 1.37. The average molecular weight is 184 g/mol. The molecule has 0 amide bonds. The molecule has 0 bridgehead atoms. The van der Waals surface area contributed by atoms with Crippen LogP contribution in [0, 0.1) is 0 Å². The summed E-state index contributed by atoms with van der Waals surface area (Å²) in [6.45, 7) is 0. The summed E-state index contributed by atoms with van der Waals surface area (Å²) in [4.78, 5) is 0. The molecule has 1 aromatic rings. The van der Waals surface area contributed by atoms with Gasteiger partial charge in [-0.15, -0.1) is 10.2 Å². The molecular formula is C8H10ClN3. The Morgan fingerprint density at radius 3 is 2.83 bits per heavy atom. The van der Waals surface area contributed by atoms with Crippen molar-refractivity contribution in [3.05, 3.63) is 16.8 Å². The van der Waals surface area contributed by atoms with Crippen LogP contribution in [0.1, 0.15) is 24.3 Å². The number of anilines is 1. The smallest absolute Gasteiger partial charge is 0.152 e. The van der Waals surface area contributed by atoms with E-state index in [1.807, 2.05) is 13.1 Å². The van der Waals surface area contributed by atoms with Crippen molar-refractivity contribution < 1.29 is 0 Å². The van der Waals surface area contributed by atoms with Crippen molar-refractivity contribution in [1.82, 2.24) is 10.2 Å². The number of rotatable bonds is 2. The molecule has 1 fully saturated rings. The van der Waals surface area contributed by atoms with Crippen LogP contribution in [0.25, 0.3) is 0 Å². The lowest BCUT2D eigenvalue weighted by Crippen LogP contribution is -1.99. The predicted molar refractivity (Wildman–Crippen MR) is 48.6 cm³/mol. The molecule has 3 nitrogen and oxygen atoms in total. The Labute approximate surface area is 76.1 Å². The quantitative estimate of drug-likeness (QED) is 0.763. The van der Waals surface area contributed by atoms with Gasteiger partial charge in [0.15, 0.2) is 11.0 Å². The summed E-state index contributed by atoms with van der Waals surface area (Å²) in [5.74, 6) is 1.52. The summed E-state index contributed by atoms with van der Waals surface area (Å²) in [6, 6.07) is 1.90. The number of hydrogen-bond acceptors (Lipinski definition) is 3. The molecule has 0 aliphatic heterocycles. The molecule has 1 heterocycles. The summed E-state index contributed by atoms with van der Waals surface area (Å²) in [6.07, 6.45) is 2.49. The van der Waals surface area contributed by atoms with Crippen LogP contribution in [-0.2, 0) is 0 Å². The van der Waals surface area contributed by atoms with E-state index in [-0.39, 0.29) is 0 Å². The second kappa shape index (κ2) is 2.90. The van der Waals surface area contributed by atoms with E-state index in [4.69, 9.17) is 11.6 Å². The standard InChI is InChI=1S/C8H10ClN3/c1-10-8-6(5-2-3-5)4-7(9)11-12-8/h4-5H,2-3H2,1H3,(H,10,12). The predicted octanol–water partition coefficient (Wildman–Crippen LogP) is 2.05. The molecule has 1 aliphatic carbocycles. The van der Waals surface area contributed by atoms with E-state index in [0.29, 0.717) is 11.1 Å². The van der Waals surface area contributed by atoms with Gasteiger partial charge in [-0.1, -0.05) is 11.6 Å². The molecule has 64 valence electrons. The number of aromatic nitrogens is 2. The zero-order valence-electron chi connectivity index (χ0n) is 6.84. The average Bonchev–Trinajstić information content (AvgIpc) is 2.87. The van der Waals surface area contributed by atoms with E-state index in [1.165, 1.54) is 18.4 Å². The van der Waals surface area contributed by atoms with E-state index in [0.717, 1.165) is 5.82 Å². The van der Waals surface area contributed by atoms with Crippen LogP contribution in [0.5, 0.6) is 0 Å². The fraction of sp³-hybridized carbons (Fsp3) is 0.500. The molecule has 0 unspecified atom stereocenters. The molecule has 1 N–H and O–H groups in total. The van der Waals surface area contributed by atoms with Gasteiger partial charge in [-0.05, 0) is 24.8 Å². The highest BCUT2D eigenvalue weighted by molar-refractivity contribution is 6.29. The molecular weight excluding hydrogens is 174 g/mol. The molecule has 1 saturated carbocycles. The highest BCUT2D eigenvalue weighted by Gasteiger charge is 2.27. The summed E-state index contributed by atoms with van der Waals surface area (Å²) >= 11 is 5.74. The van der Waals surface area contributed by atoms with Gasteiger partial charge in [0, 0.05) is 12.6 Å². The lowest BCUT2D eigenvalue weighted by Gasteiger charge is -2.04. The van der Waals surface area contributed by atoms with Crippen molar-refractivity contribution in [2.75, 3.05) is 12.4 Å². The zero-order chi connectivity index (χ0) is 8.55. The number of nitrogens with zero attached hydrogens (tertiary/aromatic N) is 2. The fourth-order valence-corrected chi connectivity index (χ4v) is 1.44. The van der Waals surface area contributed by atoms with Crippen LogP contribution >= 0.6 is 11.6 Å². The molecule has 0 atom stereocenters. The van der Waals surface area contributed by atoms with Crippen LogP contribution in [0.15, 0.2) is 6.07 Å². The second-order valence-corrected chi connectivity index (χ2v) is 3.38. The molecule has 2 rings (SSSR count). The molecule has 0 spiro atoms. The van der Waals surface area contributed by atoms with Crippen molar-refractivity contribution >= 4 is 17.4 Å². The van der Waals surface area contributed by atoms with Gasteiger partial charge in [0.1, 0.15) is 0 Å². The van der Waals surface area contributed by atoms with Gasteiger partial charge in [-0.2, -0.15) is 0 Å². The first kappa shape index (κ1) is 7.80. The molecule has 12 heavy (non-hydrogen) atoms. The van der Waals surface area contributed by atoms with Gasteiger partial charge in [0.05, 0.1) is 0 Å². The molecule has 0 aromatic carbocycles. The third-order valence-electron chi connectivity index (χ3n) is 2.05. The van der Waals surface area contributed by atoms with Crippen molar-refractivity contribution in [2.45, 2.75) is 18.8 Å². The largest absolute Gasteiger partial charge is 0.371 e. The lowest BCUT2D eigenvalue weighted by atomic mass is 10.2. The topological polar surface area (TPSA) is 37.8 Å². The summed E-state index contributed by atoms with van der Waals surface area (Å²) in [5.41, 5.74) is 1.21. The Hall–Kier alpha value is -0.830. The Bertz CT molecular complexity index is 296. The van der Waals surface area contributed by atoms with Crippen molar-refractivity contribution in [3.63, 3.8) is 0 Å². The minimum atomic E-state index is 0.482. The maximum atomic E-state index is 5.74. The van der Waals surface area contributed by atoms with Crippen LogP contribution in [-0.4, -0.2) is 17.2 Å². The monoisotopic (exact) mass is 183 g/mol. The minimum absolute atomic E-state index is 0.482. The van der Waals surface area contributed by atoms with Gasteiger partial charge in [-0.25, -0.2) is 0 Å². The maximum Gasteiger partial charge on any atom is 0.152 e. The van der Waals surface area contributed by atoms with Crippen LogP contribution in [0.3, 0.4) is 0 Å². The Kier molecular flexibility index (Phi) is 1.89. The zero-order valence-corrected chi connectivity index (χ0v) is 7.60. The first-order valence-corrected chi connectivity index (χ1v) is 4.40. The first-order valence-electron chi connectivity index (χ1n) is 4.02. The SMILES string of the molecule is CNc1nnc(Cl)cc1C1CC1. The molecule has 1 aromatic heterocycles. The minimum Gasteiger partial charge on any atom is -0.371 e. The Morgan fingerprint density at radius 1 is 1.50 bits per heavy atom. The van der Waals surface area contributed by atoms with Crippen LogP contribution in [0.4, 0.5) is 5.82 Å². The summed E-state index contributed by atoms with van der Waals surface area (Å²) in [7, 11) is 1.85. The molecule has 4 heteroatoms. The lowest BCUT2D eigenvalue weighted by molar-refractivity contribution is 0.981. The highest BCUT2D eigenvalue weighted by atomic mass is 35.5. The van der Waals surface area contributed by atoms with E-state index in [9.17, 15) is 0 Å². The molecule has 0 radical (unpaired) electrons. The van der Waals surface area contributed by atoms with Crippen molar-refractivity contribution in [2.24, 2.45) is 0 Å². The van der Waals surface area contributed by atoms with Crippen LogP contribution < -0.4 is 5.32 Å². The second-order valence-electron chi connectivity index (χ2n) is 3.00. The Morgan fingerprint density at radius 2 is 2.25 bits per heavy atom. The molecule has 0 saturated heterocycles. The normalized spacial score (nSPS) is 16.2. The van der Waals surface area contributed by atoms with Crippen LogP contribution in [0.2, 0.25) is 5.15 Å². The van der Waals surface area contributed by atoms with Gasteiger partial charge < -0.3 is 5.32 Å². The van der Waals surface area contributed by atoms with Gasteiger partial charge in [-0.3, -0.25) is 0 Å². The number of halogens is 1. The first-order chi connectivity index (χ1) is 5.81. The Balaban J connectivity index is 2.39. The summed E-state index contributed by atoms with van der Waals surface area (Å²) in [5, 5.41) is 11.2. The third-order valence-corrected chi connectivity index (χ3v) is 2.23. The van der Waals surface area contributed by atoms with E-state index >= 15 is 0 Å². The maximum absolute atomic E-state index is 5.74. The fourth-order valence-electron chi connectivity index (χ4n) is 1.28. The highest BCUT2D eigenvalue weighted by Crippen LogP contribution is 2.42. The molecule has 1 aliphatic rings. The van der Waals surface area contributed by atoms with E-state index < -0.39 is 0 Å². The number of hydrogen-bond donors (Lipinski definition) is 1. The van der Waals surface area contributed by atoms with Gasteiger partial charge in [0.25, 0.3) is 0 Å². The van der Waals surface area contributed by atoms with Gasteiger partial charge in [0.2, 0.25) is 0 Å². The van der Waals surface area contributed by atoms with E-state index in [1.54, 1.807) is 0 Å². The van der Waals surface area contributed by atoms with Crippen molar-refractivity contribution in [1.29, 1.82) is 0 Å². The van der Waals surface area contributed by atoms with E-state index in [2.05, 4.69) is 15.5 Å².